The van der Waals surface area contributed by atoms with Crippen molar-refractivity contribution in [1.29, 1.82) is 0 Å². The van der Waals surface area contributed by atoms with Gasteiger partial charge >= 0.3 is 0 Å². The normalized spacial score (nSPS) is 25.9. The van der Waals surface area contributed by atoms with Crippen LogP contribution in [0, 0.1) is 0 Å². The van der Waals surface area contributed by atoms with Gasteiger partial charge in [0.25, 0.3) is 0 Å². The first kappa shape index (κ1) is 13.8. The number of hydrogen-bond acceptors (Lipinski definition) is 3. The molecule has 2 rings (SSSR count). The standard InChI is InChI=1S/C14H26N2O2/c1-15(11-13-7-6-10-18-13)14(17)12-16-8-4-2-3-5-9-16/h13H,2-12H2,1H3. The van der Waals surface area contributed by atoms with E-state index in [1.54, 1.807) is 0 Å². The van der Waals surface area contributed by atoms with Gasteiger partial charge in [0.1, 0.15) is 0 Å². The molecule has 0 aromatic heterocycles. The first-order valence-corrected chi connectivity index (χ1v) is 7.33. The Hall–Kier alpha value is -0.610. The molecule has 1 amide bonds. The van der Waals surface area contributed by atoms with Crippen LogP contribution in [0.25, 0.3) is 0 Å². The molecule has 4 nitrogen and oxygen atoms in total. The molecule has 0 aliphatic carbocycles. The van der Waals surface area contributed by atoms with E-state index in [1.165, 1.54) is 25.7 Å². The molecule has 0 saturated carbocycles. The minimum Gasteiger partial charge on any atom is -0.376 e. The Kier molecular flexibility index (Phi) is 5.45. The third kappa shape index (κ3) is 4.25. The molecule has 18 heavy (non-hydrogen) atoms. The lowest BCUT2D eigenvalue weighted by Crippen LogP contribution is -2.41. The quantitative estimate of drug-likeness (QED) is 0.762. The fourth-order valence-corrected chi connectivity index (χ4v) is 2.80. The second-order valence-corrected chi connectivity index (χ2v) is 5.60. The summed E-state index contributed by atoms with van der Waals surface area (Å²) in [6, 6.07) is 0. The Labute approximate surface area is 110 Å². The predicted molar refractivity (Wildman–Crippen MR) is 71.5 cm³/mol. The van der Waals surface area contributed by atoms with Gasteiger partial charge in [0, 0.05) is 20.2 Å². The van der Waals surface area contributed by atoms with Gasteiger partial charge in [-0.25, -0.2) is 0 Å². The summed E-state index contributed by atoms with van der Waals surface area (Å²) in [4.78, 5) is 16.3. The Balaban J connectivity index is 1.71. The Morgan fingerprint density at radius 1 is 1.22 bits per heavy atom. The smallest absolute Gasteiger partial charge is 0.236 e. The molecule has 0 radical (unpaired) electrons. The summed E-state index contributed by atoms with van der Waals surface area (Å²) < 4.78 is 5.58. The molecule has 104 valence electrons. The van der Waals surface area contributed by atoms with E-state index in [2.05, 4.69) is 4.90 Å². The van der Waals surface area contributed by atoms with Gasteiger partial charge in [0.15, 0.2) is 0 Å². The van der Waals surface area contributed by atoms with Crippen molar-refractivity contribution >= 4 is 5.91 Å². The third-order valence-corrected chi connectivity index (χ3v) is 3.98. The lowest BCUT2D eigenvalue weighted by Gasteiger charge is -2.25. The molecule has 2 aliphatic heterocycles. The Morgan fingerprint density at radius 3 is 2.56 bits per heavy atom. The van der Waals surface area contributed by atoms with E-state index in [0.29, 0.717) is 6.54 Å². The van der Waals surface area contributed by atoms with Gasteiger partial charge in [-0.2, -0.15) is 0 Å². The van der Waals surface area contributed by atoms with Gasteiger partial charge in [-0.1, -0.05) is 12.8 Å². The molecule has 0 spiro atoms. The van der Waals surface area contributed by atoms with Crippen LogP contribution in [0.2, 0.25) is 0 Å². The summed E-state index contributed by atoms with van der Waals surface area (Å²) in [5, 5.41) is 0. The van der Waals surface area contributed by atoms with E-state index in [1.807, 2.05) is 11.9 Å². The number of hydrogen-bond donors (Lipinski definition) is 0. The summed E-state index contributed by atoms with van der Waals surface area (Å²) in [5.41, 5.74) is 0. The fraction of sp³-hybridized carbons (Fsp3) is 0.929. The van der Waals surface area contributed by atoms with Crippen LogP contribution in [0.4, 0.5) is 0 Å². The van der Waals surface area contributed by atoms with Crippen LogP contribution < -0.4 is 0 Å². The molecule has 1 unspecified atom stereocenters. The van der Waals surface area contributed by atoms with Crippen LogP contribution in [0.1, 0.15) is 38.5 Å². The lowest BCUT2D eigenvalue weighted by molar-refractivity contribution is -0.132. The topological polar surface area (TPSA) is 32.8 Å². The minimum absolute atomic E-state index is 0.243. The van der Waals surface area contributed by atoms with E-state index in [-0.39, 0.29) is 12.0 Å². The van der Waals surface area contributed by atoms with Gasteiger partial charge in [-0.15, -0.1) is 0 Å². The zero-order chi connectivity index (χ0) is 12.8. The van der Waals surface area contributed by atoms with Crippen molar-refractivity contribution in [2.75, 3.05) is 39.8 Å². The van der Waals surface area contributed by atoms with Crippen molar-refractivity contribution < 1.29 is 9.53 Å². The second-order valence-electron chi connectivity index (χ2n) is 5.60. The van der Waals surface area contributed by atoms with E-state index < -0.39 is 0 Å². The van der Waals surface area contributed by atoms with Gasteiger partial charge in [0.05, 0.1) is 12.6 Å². The Bertz CT molecular complexity index is 257. The highest BCUT2D eigenvalue weighted by atomic mass is 16.5. The zero-order valence-electron chi connectivity index (χ0n) is 11.6. The monoisotopic (exact) mass is 254 g/mol. The van der Waals surface area contributed by atoms with E-state index >= 15 is 0 Å². The van der Waals surface area contributed by atoms with Crippen molar-refractivity contribution in [3.8, 4) is 0 Å². The van der Waals surface area contributed by atoms with Crippen LogP contribution in [0.15, 0.2) is 0 Å². The van der Waals surface area contributed by atoms with Crippen LogP contribution in [0.5, 0.6) is 0 Å². The number of likely N-dealkylation sites (N-methyl/N-ethyl adjacent to an activating group) is 1. The van der Waals surface area contributed by atoms with Crippen LogP contribution in [0.3, 0.4) is 0 Å². The fourth-order valence-electron chi connectivity index (χ4n) is 2.80. The van der Waals surface area contributed by atoms with Crippen LogP contribution >= 0.6 is 0 Å². The van der Waals surface area contributed by atoms with Crippen molar-refractivity contribution in [3.05, 3.63) is 0 Å². The molecule has 4 heteroatoms. The first-order chi connectivity index (χ1) is 8.75. The van der Waals surface area contributed by atoms with Crippen molar-refractivity contribution in [2.45, 2.75) is 44.6 Å². The molecule has 2 heterocycles. The van der Waals surface area contributed by atoms with Gasteiger partial charge in [-0.3, -0.25) is 9.69 Å². The zero-order valence-corrected chi connectivity index (χ0v) is 11.6. The number of rotatable bonds is 4. The Morgan fingerprint density at radius 2 is 1.94 bits per heavy atom. The minimum atomic E-state index is 0.243. The molecular formula is C14H26N2O2. The van der Waals surface area contributed by atoms with Crippen LogP contribution in [-0.4, -0.2) is 61.6 Å². The number of carbonyl (C=O) groups excluding carboxylic acids is 1. The molecular weight excluding hydrogens is 228 g/mol. The highest BCUT2D eigenvalue weighted by Gasteiger charge is 2.21. The summed E-state index contributed by atoms with van der Waals surface area (Å²) in [7, 11) is 1.90. The molecule has 2 fully saturated rings. The highest BCUT2D eigenvalue weighted by molar-refractivity contribution is 5.78. The van der Waals surface area contributed by atoms with Crippen molar-refractivity contribution in [2.24, 2.45) is 0 Å². The summed E-state index contributed by atoms with van der Waals surface area (Å²) in [6.45, 7) is 4.37. The second kappa shape index (κ2) is 7.10. The number of ether oxygens (including phenoxy) is 1. The number of likely N-dealkylation sites (tertiary alicyclic amines) is 1. The number of nitrogens with zero attached hydrogens (tertiary/aromatic N) is 2. The first-order valence-electron chi connectivity index (χ1n) is 7.33. The summed E-state index contributed by atoms with van der Waals surface area (Å²) in [5.74, 6) is 0.243. The van der Waals surface area contributed by atoms with E-state index in [4.69, 9.17) is 4.74 Å². The van der Waals surface area contributed by atoms with E-state index in [0.717, 1.165) is 39.1 Å². The molecule has 0 N–H and O–H groups in total. The van der Waals surface area contributed by atoms with Gasteiger partial charge in [0.2, 0.25) is 5.91 Å². The molecule has 1 atom stereocenters. The van der Waals surface area contributed by atoms with Crippen LogP contribution in [-0.2, 0) is 9.53 Å². The maximum absolute atomic E-state index is 12.1. The lowest BCUT2D eigenvalue weighted by atomic mass is 10.2. The maximum atomic E-state index is 12.1. The van der Waals surface area contributed by atoms with Crippen molar-refractivity contribution in [1.82, 2.24) is 9.80 Å². The van der Waals surface area contributed by atoms with Gasteiger partial charge in [-0.05, 0) is 38.8 Å². The molecule has 0 aromatic carbocycles. The molecule has 2 saturated heterocycles. The van der Waals surface area contributed by atoms with E-state index in [9.17, 15) is 4.79 Å². The summed E-state index contributed by atoms with van der Waals surface area (Å²) in [6.07, 6.45) is 7.61. The third-order valence-electron chi connectivity index (χ3n) is 3.98. The highest BCUT2D eigenvalue weighted by Crippen LogP contribution is 2.13. The maximum Gasteiger partial charge on any atom is 0.236 e. The van der Waals surface area contributed by atoms with Gasteiger partial charge < -0.3 is 9.64 Å². The molecule has 0 aromatic rings. The average molecular weight is 254 g/mol. The average Bonchev–Trinajstić information content (AvgIpc) is 2.72. The summed E-state index contributed by atoms with van der Waals surface area (Å²) >= 11 is 0. The number of carbonyl (C=O) groups is 1. The molecule has 0 bridgehead atoms. The van der Waals surface area contributed by atoms with Crippen molar-refractivity contribution in [3.63, 3.8) is 0 Å². The number of amides is 1. The predicted octanol–water partition coefficient (Wildman–Crippen LogP) is 1.50. The largest absolute Gasteiger partial charge is 0.376 e. The SMILES string of the molecule is CN(CC1CCCO1)C(=O)CN1CCCCCC1. The molecule has 2 aliphatic rings.